The maximum atomic E-state index is 13.1. The van der Waals surface area contributed by atoms with Gasteiger partial charge >= 0.3 is 6.03 Å². The van der Waals surface area contributed by atoms with Gasteiger partial charge in [0.1, 0.15) is 23.7 Å². The Morgan fingerprint density at radius 1 is 0.853 bits per heavy atom. The molecule has 3 aromatic rings. The molecule has 1 saturated heterocycles. The first-order chi connectivity index (χ1) is 16.4. The molecule has 0 spiro atoms. The van der Waals surface area contributed by atoms with E-state index in [9.17, 15) is 14.4 Å². The average molecular weight is 456 g/mol. The number of amides is 4. The van der Waals surface area contributed by atoms with E-state index in [-0.39, 0.29) is 11.7 Å². The van der Waals surface area contributed by atoms with E-state index in [2.05, 4.69) is 5.32 Å². The molecule has 1 N–H and O–H groups in total. The lowest BCUT2D eigenvalue weighted by Crippen LogP contribution is -2.54. The molecule has 7 nitrogen and oxygen atoms in total. The van der Waals surface area contributed by atoms with Crippen molar-refractivity contribution in [1.82, 2.24) is 5.32 Å². The Balaban J connectivity index is 1.50. The number of urea groups is 1. The summed E-state index contributed by atoms with van der Waals surface area (Å²) in [5.41, 5.74) is 1.85. The fourth-order valence-corrected chi connectivity index (χ4v) is 3.41. The van der Waals surface area contributed by atoms with Gasteiger partial charge < -0.3 is 9.47 Å². The van der Waals surface area contributed by atoms with E-state index in [4.69, 9.17) is 9.47 Å². The molecule has 3 aromatic carbocycles. The third kappa shape index (κ3) is 5.32. The number of ether oxygens (including phenoxy) is 2. The van der Waals surface area contributed by atoms with Crippen LogP contribution >= 0.6 is 0 Å². The topological polar surface area (TPSA) is 84.9 Å². The average Bonchev–Trinajstić information content (AvgIpc) is 2.82. The van der Waals surface area contributed by atoms with Crippen molar-refractivity contribution in [2.24, 2.45) is 0 Å². The minimum absolute atomic E-state index is 0.0320. The lowest BCUT2D eigenvalue weighted by atomic mass is 10.1. The number of imide groups is 2. The molecule has 34 heavy (non-hydrogen) atoms. The van der Waals surface area contributed by atoms with Gasteiger partial charge in [0.2, 0.25) is 0 Å². The van der Waals surface area contributed by atoms with Crippen LogP contribution in [0.1, 0.15) is 25.0 Å². The highest BCUT2D eigenvalue weighted by Gasteiger charge is 2.36. The fraction of sp³-hybridized carbons (Fsp3) is 0.148. The summed E-state index contributed by atoms with van der Waals surface area (Å²) in [6.07, 6.45) is 1.48. The van der Waals surface area contributed by atoms with Gasteiger partial charge in [-0.2, -0.15) is 0 Å². The predicted octanol–water partition coefficient (Wildman–Crippen LogP) is 4.72. The maximum absolute atomic E-state index is 13.1. The number of barbiturate groups is 1. The van der Waals surface area contributed by atoms with Crippen molar-refractivity contribution in [3.63, 3.8) is 0 Å². The van der Waals surface area contributed by atoms with Gasteiger partial charge in [-0.05, 0) is 67.4 Å². The van der Waals surface area contributed by atoms with Crippen LogP contribution in [0.5, 0.6) is 11.5 Å². The van der Waals surface area contributed by atoms with Crippen molar-refractivity contribution in [3.05, 3.63) is 95.6 Å². The summed E-state index contributed by atoms with van der Waals surface area (Å²) in [5.74, 6) is -0.165. The highest BCUT2D eigenvalue weighted by Crippen LogP contribution is 2.25. The van der Waals surface area contributed by atoms with Crippen LogP contribution in [0.15, 0.2) is 84.4 Å². The number of rotatable bonds is 7. The van der Waals surface area contributed by atoms with Gasteiger partial charge in [-0.25, -0.2) is 9.69 Å². The number of hydrogen-bond acceptors (Lipinski definition) is 5. The Morgan fingerprint density at radius 3 is 2.15 bits per heavy atom. The summed E-state index contributed by atoms with van der Waals surface area (Å²) in [6.45, 7) is 4.24. The number of carbonyl (C=O) groups is 3. The van der Waals surface area contributed by atoms with E-state index in [1.165, 1.54) is 6.08 Å². The van der Waals surface area contributed by atoms with Crippen molar-refractivity contribution in [1.29, 1.82) is 0 Å². The summed E-state index contributed by atoms with van der Waals surface area (Å²) in [5, 5.41) is 2.23. The van der Waals surface area contributed by atoms with Crippen molar-refractivity contribution >= 4 is 29.6 Å². The largest absolute Gasteiger partial charge is 0.491 e. The maximum Gasteiger partial charge on any atom is 0.335 e. The number of nitrogens with zero attached hydrogens (tertiary/aromatic N) is 1. The molecule has 0 unspecified atom stereocenters. The fourth-order valence-electron chi connectivity index (χ4n) is 3.41. The second-order valence-electron chi connectivity index (χ2n) is 7.96. The van der Waals surface area contributed by atoms with E-state index < -0.39 is 17.8 Å². The van der Waals surface area contributed by atoms with Crippen LogP contribution in [-0.4, -0.2) is 23.9 Å². The summed E-state index contributed by atoms with van der Waals surface area (Å²) >= 11 is 0. The first-order valence-corrected chi connectivity index (χ1v) is 10.9. The van der Waals surface area contributed by atoms with Gasteiger partial charge in [0.25, 0.3) is 11.8 Å². The second kappa shape index (κ2) is 10.0. The highest BCUT2D eigenvalue weighted by molar-refractivity contribution is 6.39. The summed E-state index contributed by atoms with van der Waals surface area (Å²) in [7, 11) is 0. The molecule has 0 atom stereocenters. The van der Waals surface area contributed by atoms with E-state index in [1.807, 2.05) is 44.2 Å². The van der Waals surface area contributed by atoms with Gasteiger partial charge in [0.15, 0.2) is 0 Å². The lowest BCUT2D eigenvalue weighted by molar-refractivity contribution is -0.122. The zero-order valence-electron chi connectivity index (χ0n) is 18.9. The first kappa shape index (κ1) is 22.8. The predicted molar refractivity (Wildman–Crippen MR) is 128 cm³/mol. The molecule has 0 saturated carbocycles. The number of benzene rings is 3. The molecule has 172 valence electrons. The molecule has 1 aliphatic rings. The molecule has 0 bridgehead atoms. The second-order valence-corrected chi connectivity index (χ2v) is 7.96. The Hall–Kier alpha value is -4.39. The Kier molecular flexibility index (Phi) is 6.73. The summed E-state index contributed by atoms with van der Waals surface area (Å²) in [6, 6.07) is 22.5. The van der Waals surface area contributed by atoms with Crippen molar-refractivity contribution in [2.45, 2.75) is 26.6 Å². The molecule has 4 amide bonds. The normalized spacial score (nSPS) is 15.0. The highest BCUT2D eigenvalue weighted by atomic mass is 16.5. The van der Waals surface area contributed by atoms with Crippen LogP contribution in [0.3, 0.4) is 0 Å². The van der Waals surface area contributed by atoms with Crippen LogP contribution in [-0.2, 0) is 16.2 Å². The third-order valence-electron chi connectivity index (χ3n) is 5.01. The molecule has 1 aliphatic heterocycles. The van der Waals surface area contributed by atoms with Gasteiger partial charge in [-0.15, -0.1) is 0 Å². The van der Waals surface area contributed by atoms with Crippen molar-refractivity contribution < 1.29 is 23.9 Å². The third-order valence-corrected chi connectivity index (χ3v) is 5.01. The Bertz CT molecular complexity index is 1220. The first-order valence-electron chi connectivity index (χ1n) is 10.9. The monoisotopic (exact) mass is 456 g/mol. The molecule has 0 aliphatic carbocycles. The lowest BCUT2D eigenvalue weighted by Gasteiger charge is -2.26. The quantitative estimate of drug-likeness (QED) is 0.411. The van der Waals surface area contributed by atoms with Gasteiger partial charge in [0.05, 0.1) is 11.8 Å². The van der Waals surface area contributed by atoms with E-state index in [0.717, 1.165) is 10.5 Å². The standard InChI is InChI=1S/C27H24N2O5/c1-18(2)34-23-12-8-19(9-13-23)16-24-25(30)28-27(32)29(26(24)31)21-10-14-22(15-11-21)33-17-20-6-4-3-5-7-20/h3-16,18H,17H2,1-2H3,(H,28,30,32)/b24-16+. The van der Waals surface area contributed by atoms with Crippen LogP contribution in [0, 0.1) is 0 Å². The van der Waals surface area contributed by atoms with Crippen LogP contribution in [0.25, 0.3) is 6.08 Å². The van der Waals surface area contributed by atoms with Crippen molar-refractivity contribution in [2.75, 3.05) is 4.90 Å². The Morgan fingerprint density at radius 2 is 1.50 bits per heavy atom. The molecule has 7 heteroatoms. The number of carbonyl (C=O) groups excluding carboxylic acids is 3. The number of nitrogens with one attached hydrogen (secondary N) is 1. The number of hydrogen-bond donors (Lipinski definition) is 1. The molecule has 0 radical (unpaired) electrons. The summed E-state index contributed by atoms with van der Waals surface area (Å²) in [4.78, 5) is 38.9. The smallest absolute Gasteiger partial charge is 0.335 e. The van der Waals surface area contributed by atoms with Crippen LogP contribution in [0.2, 0.25) is 0 Å². The van der Waals surface area contributed by atoms with E-state index in [0.29, 0.717) is 29.4 Å². The molecule has 1 heterocycles. The van der Waals surface area contributed by atoms with Gasteiger partial charge in [0, 0.05) is 0 Å². The zero-order valence-corrected chi connectivity index (χ0v) is 18.9. The molecular weight excluding hydrogens is 432 g/mol. The Labute approximate surface area is 197 Å². The van der Waals surface area contributed by atoms with E-state index in [1.54, 1.807) is 48.5 Å². The van der Waals surface area contributed by atoms with Crippen LogP contribution in [0.4, 0.5) is 10.5 Å². The van der Waals surface area contributed by atoms with Crippen LogP contribution < -0.4 is 19.7 Å². The number of anilines is 1. The molecular formula is C27H24N2O5. The van der Waals surface area contributed by atoms with E-state index >= 15 is 0 Å². The van der Waals surface area contributed by atoms with Crippen molar-refractivity contribution in [3.8, 4) is 11.5 Å². The zero-order chi connectivity index (χ0) is 24.1. The minimum atomic E-state index is -0.800. The molecule has 1 fully saturated rings. The minimum Gasteiger partial charge on any atom is -0.491 e. The summed E-state index contributed by atoms with van der Waals surface area (Å²) < 4.78 is 11.4. The molecule has 0 aromatic heterocycles. The van der Waals surface area contributed by atoms with Gasteiger partial charge in [-0.3, -0.25) is 14.9 Å². The van der Waals surface area contributed by atoms with Gasteiger partial charge in [-0.1, -0.05) is 42.5 Å². The SMILES string of the molecule is CC(C)Oc1ccc(/C=C2\C(=O)NC(=O)N(c3ccc(OCc4ccccc4)cc3)C2=O)cc1. The molecule has 4 rings (SSSR count).